The number of rotatable bonds is 0. The van der Waals surface area contributed by atoms with Crippen molar-refractivity contribution in [2.75, 3.05) is 13.2 Å². The molecule has 0 aromatic carbocycles. The Hall–Kier alpha value is -0.570. The van der Waals surface area contributed by atoms with Gasteiger partial charge in [-0.2, -0.15) is 0 Å². The van der Waals surface area contributed by atoms with Gasteiger partial charge in [0.25, 0.3) is 5.91 Å². The third-order valence-corrected chi connectivity index (χ3v) is 2.84. The van der Waals surface area contributed by atoms with E-state index in [1.54, 1.807) is 0 Å². The second-order valence-electron chi connectivity index (χ2n) is 3.66. The van der Waals surface area contributed by atoms with Gasteiger partial charge in [0.05, 0.1) is 6.61 Å². The van der Waals surface area contributed by atoms with Crippen molar-refractivity contribution in [1.29, 1.82) is 0 Å². The Bertz CT molecular complexity index is 177. The second-order valence-corrected chi connectivity index (χ2v) is 3.66. The molecule has 1 amide bonds. The number of ether oxygens (including phenoxy) is 1. The van der Waals surface area contributed by atoms with E-state index < -0.39 is 5.60 Å². The first-order valence-electron chi connectivity index (χ1n) is 4.76. The lowest BCUT2D eigenvalue weighted by molar-refractivity contribution is -0.159. The van der Waals surface area contributed by atoms with Crippen LogP contribution in [0.5, 0.6) is 0 Å². The maximum atomic E-state index is 11.5. The lowest BCUT2D eigenvalue weighted by Gasteiger charge is -2.38. The third-order valence-electron chi connectivity index (χ3n) is 2.84. The summed E-state index contributed by atoms with van der Waals surface area (Å²) in [5.74, 6) is 0.119. The molecule has 0 atom stereocenters. The van der Waals surface area contributed by atoms with E-state index in [0.29, 0.717) is 13.2 Å². The first-order valence-corrected chi connectivity index (χ1v) is 4.76. The fourth-order valence-corrected chi connectivity index (χ4v) is 2.13. The summed E-state index contributed by atoms with van der Waals surface area (Å²) in [4.78, 5) is 11.5. The minimum Gasteiger partial charge on any atom is -0.363 e. The highest BCUT2D eigenvalue weighted by Crippen LogP contribution is 2.32. The number of hydrogen-bond acceptors (Lipinski definition) is 2. The molecule has 1 heterocycles. The molecule has 1 aliphatic carbocycles. The Morgan fingerprint density at radius 3 is 2.67 bits per heavy atom. The van der Waals surface area contributed by atoms with Crippen molar-refractivity contribution in [3.8, 4) is 0 Å². The third kappa shape index (κ3) is 1.22. The summed E-state index contributed by atoms with van der Waals surface area (Å²) in [6.45, 7) is 1.37. The molecule has 3 heteroatoms. The molecule has 1 spiro atoms. The van der Waals surface area contributed by atoms with Gasteiger partial charge in [0.1, 0.15) is 5.60 Å². The topological polar surface area (TPSA) is 38.3 Å². The van der Waals surface area contributed by atoms with Crippen molar-refractivity contribution < 1.29 is 9.53 Å². The normalized spacial score (nSPS) is 28.5. The number of morpholine rings is 1. The maximum Gasteiger partial charge on any atom is 0.252 e. The van der Waals surface area contributed by atoms with Crippen LogP contribution >= 0.6 is 0 Å². The summed E-state index contributed by atoms with van der Waals surface area (Å²) in [6, 6.07) is 0. The Morgan fingerprint density at radius 1 is 1.25 bits per heavy atom. The van der Waals surface area contributed by atoms with Crippen LogP contribution in [-0.4, -0.2) is 24.7 Å². The van der Waals surface area contributed by atoms with Crippen LogP contribution in [0.25, 0.3) is 0 Å². The lowest BCUT2D eigenvalue weighted by Crippen LogP contribution is -2.55. The first kappa shape index (κ1) is 8.05. The van der Waals surface area contributed by atoms with Crippen LogP contribution in [-0.2, 0) is 9.53 Å². The van der Waals surface area contributed by atoms with Crippen molar-refractivity contribution in [1.82, 2.24) is 5.32 Å². The quantitative estimate of drug-likeness (QED) is 0.583. The Balaban J connectivity index is 2.09. The van der Waals surface area contributed by atoms with E-state index in [1.165, 1.54) is 6.42 Å². The zero-order valence-corrected chi connectivity index (χ0v) is 7.27. The fraction of sp³-hybridized carbons (Fsp3) is 0.889. The molecule has 0 radical (unpaired) electrons. The molecule has 0 bridgehead atoms. The van der Waals surface area contributed by atoms with Gasteiger partial charge in [0, 0.05) is 6.54 Å². The molecular weight excluding hydrogens is 154 g/mol. The molecule has 1 saturated carbocycles. The van der Waals surface area contributed by atoms with Crippen LogP contribution in [0.1, 0.15) is 32.1 Å². The molecule has 0 aromatic heterocycles. The van der Waals surface area contributed by atoms with Crippen LogP contribution in [0.4, 0.5) is 0 Å². The molecule has 0 aromatic rings. The van der Waals surface area contributed by atoms with E-state index in [4.69, 9.17) is 4.74 Å². The maximum absolute atomic E-state index is 11.5. The highest BCUT2D eigenvalue weighted by molar-refractivity contribution is 5.85. The second kappa shape index (κ2) is 3.05. The summed E-state index contributed by atoms with van der Waals surface area (Å²) in [5.41, 5.74) is -0.434. The highest BCUT2D eigenvalue weighted by Gasteiger charge is 2.42. The number of nitrogens with one attached hydrogen (secondary N) is 1. The largest absolute Gasteiger partial charge is 0.363 e. The standard InChI is InChI=1S/C9H15NO2/c11-8-9(12-7-6-10-8)4-2-1-3-5-9/h1-7H2,(H,10,11). The fourth-order valence-electron chi connectivity index (χ4n) is 2.13. The van der Waals surface area contributed by atoms with E-state index in [2.05, 4.69) is 5.32 Å². The molecule has 0 unspecified atom stereocenters. The van der Waals surface area contributed by atoms with E-state index in [9.17, 15) is 4.79 Å². The van der Waals surface area contributed by atoms with Crippen LogP contribution in [0.2, 0.25) is 0 Å². The van der Waals surface area contributed by atoms with E-state index in [0.717, 1.165) is 25.7 Å². The van der Waals surface area contributed by atoms with E-state index >= 15 is 0 Å². The van der Waals surface area contributed by atoms with Gasteiger partial charge < -0.3 is 10.1 Å². The highest BCUT2D eigenvalue weighted by atomic mass is 16.5. The number of carbonyl (C=O) groups excluding carboxylic acids is 1. The summed E-state index contributed by atoms with van der Waals surface area (Å²) < 4.78 is 5.61. The van der Waals surface area contributed by atoms with Gasteiger partial charge in [0.15, 0.2) is 0 Å². The van der Waals surface area contributed by atoms with E-state index in [1.807, 2.05) is 0 Å². The van der Waals surface area contributed by atoms with Gasteiger partial charge in [-0.25, -0.2) is 0 Å². The molecule has 1 N–H and O–H groups in total. The van der Waals surface area contributed by atoms with Gasteiger partial charge in [-0.15, -0.1) is 0 Å². The van der Waals surface area contributed by atoms with Gasteiger partial charge in [-0.3, -0.25) is 4.79 Å². The van der Waals surface area contributed by atoms with Crippen LogP contribution in [0, 0.1) is 0 Å². The van der Waals surface area contributed by atoms with Crippen molar-refractivity contribution in [3.05, 3.63) is 0 Å². The minimum absolute atomic E-state index is 0.119. The van der Waals surface area contributed by atoms with Gasteiger partial charge >= 0.3 is 0 Å². The summed E-state index contributed by atoms with van der Waals surface area (Å²) in [7, 11) is 0. The molecular formula is C9H15NO2. The molecule has 1 aliphatic heterocycles. The van der Waals surface area contributed by atoms with Crippen LogP contribution < -0.4 is 5.32 Å². The van der Waals surface area contributed by atoms with Crippen molar-refractivity contribution in [2.24, 2.45) is 0 Å². The summed E-state index contributed by atoms with van der Waals surface area (Å²) in [6.07, 6.45) is 5.34. The van der Waals surface area contributed by atoms with Crippen molar-refractivity contribution >= 4 is 5.91 Å². The van der Waals surface area contributed by atoms with Crippen molar-refractivity contribution in [2.45, 2.75) is 37.7 Å². The van der Waals surface area contributed by atoms with Gasteiger partial charge in [-0.05, 0) is 12.8 Å². The molecule has 2 rings (SSSR count). The molecule has 12 heavy (non-hydrogen) atoms. The van der Waals surface area contributed by atoms with Gasteiger partial charge in [-0.1, -0.05) is 19.3 Å². The Labute approximate surface area is 72.5 Å². The van der Waals surface area contributed by atoms with Crippen LogP contribution in [0.3, 0.4) is 0 Å². The molecule has 1 saturated heterocycles. The predicted octanol–water partition coefficient (Wildman–Crippen LogP) is 0.836. The molecule has 2 fully saturated rings. The Kier molecular flexibility index (Phi) is 2.05. The molecule has 2 aliphatic rings. The molecule has 68 valence electrons. The van der Waals surface area contributed by atoms with Crippen molar-refractivity contribution in [3.63, 3.8) is 0 Å². The SMILES string of the molecule is O=C1NCCOC12CCCCC2. The zero-order valence-electron chi connectivity index (χ0n) is 7.27. The van der Waals surface area contributed by atoms with Gasteiger partial charge in [0.2, 0.25) is 0 Å². The number of amides is 1. The summed E-state index contributed by atoms with van der Waals surface area (Å²) >= 11 is 0. The molecule has 3 nitrogen and oxygen atoms in total. The van der Waals surface area contributed by atoms with E-state index in [-0.39, 0.29) is 5.91 Å². The van der Waals surface area contributed by atoms with Crippen LogP contribution in [0.15, 0.2) is 0 Å². The summed E-state index contributed by atoms with van der Waals surface area (Å²) in [5, 5.41) is 2.88. The smallest absolute Gasteiger partial charge is 0.252 e. The average molecular weight is 169 g/mol. The average Bonchev–Trinajstić information content (AvgIpc) is 2.12. The predicted molar refractivity (Wildman–Crippen MR) is 44.8 cm³/mol. The number of carbonyl (C=O) groups is 1. The zero-order chi connectivity index (χ0) is 8.44. The first-order chi connectivity index (χ1) is 5.83. The Morgan fingerprint density at radius 2 is 2.00 bits per heavy atom. The monoisotopic (exact) mass is 169 g/mol. The minimum atomic E-state index is -0.434. The lowest BCUT2D eigenvalue weighted by atomic mass is 9.83. The number of hydrogen-bond donors (Lipinski definition) is 1.